The number of halogens is 1. The summed E-state index contributed by atoms with van der Waals surface area (Å²) in [7, 11) is 1.84. The van der Waals surface area contributed by atoms with E-state index in [-0.39, 0.29) is 11.3 Å². The van der Waals surface area contributed by atoms with E-state index >= 15 is 0 Å². The van der Waals surface area contributed by atoms with Crippen LogP contribution < -0.4 is 5.32 Å². The van der Waals surface area contributed by atoms with Crippen molar-refractivity contribution in [3.05, 3.63) is 59.4 Å². The second-order valence-corrected chi connectivity index (χ2v) is 5.40. The highest BCUT2D eigenvalue weighted by Gasteiger charge is 2.13. The lowest BCUT2D eigenvalue weighted by Gasteiger charge is -2.09. The summed E-state index contributed by atoms with van der Waals surface area (Å²) in [6.07, 6.45) is 1.60. The summed E-state index contributed by atoms with van der Waals surface area (Å²) in [4.78, 5) is 12.3. The predicted molar refractivity (Wildman–Crippen MR) is 87.5 cm³/mol. The van der Waals surface area contributed by atoms with Gasteiger partial charge in [-0.15, -0.1) is 10.2 Å². The molecule has 0 saturated heterocycles. The standard InChI is InChI=1S/C16H13ClN4O2/c1-21-9-18-20-15(21)10-3-2-4-12(7-10)19-16(23)13-8-11(17)5-6-14(13)22/h2-9,22H,1H3,(H,19,23). The molecule has 0 fully saturated rings. The van der Waals surface area contributed by atoms with Gasteiger partial charge in [0.05, 0.1) is 5.56 Å². The molecule has 0 aliphatic rings. The van der Waals surface area contributed by atoms with Crippen LogP contribution in [0.1, 0.15) is 10.4 Å². The molecule has 0 aliphatic carbocycles. The molecule has 0 bridgehead atoms. The molecule has 3 aromatic rings. The molecule has 0 atom stereocenters. The van der Waals surface area contributed by atoms with Crippen molar-refractivity contribution in [3.8, 4) is 17.1 Å². The van der Waals surface area contributed by atoms with Crippen LogP contribution >= 0.6 is 11.6 Å². The van der Waals surface area contributed by atoms with E-state index in [2.05, 4.69) is 15.5 Å². The van der Waals surface area contributed by atoms with Gasteiger partial charge in [-0.05, 0) is 30.3 Å². The van der Waals surface area contributed by atoms with Gasteiger partial charge in [0, 0.05) is 23.3 Å². The Morgan fingerprint density at radius 3 is 2.83 bits per heavy atom. The van der Waals surface area contributed by atoms with E-state index in [9.17, 15) is 9.90 Å². The SMILES string of the molecule is Cn1cnnc1-c1cccc(NC(=O)c2cc(Cl)ccc2O)c1. The number of carbonyl (C=O) groups is 1. The Kier molecular flexibility index (Phi) is 3.99. The summed E-state index contributed by atoms with van der Waals surface area (Å²) in [5.74, 6) is 0.114. The van der Waals surface area contributed by atoms with E-state index in [1.165, 1.54) is 18.2 Å². The lowest BCUT2D eigenvalue weighted by atomic mass is 10.1. The van der Waals surface area contributed by atoms with Crippen LogP contribution in [0.5, 0.6) is 5.75 Å². The molecule has 1 aromatic heterocycles. The number of benzene rings is 2. The Balaban J connectivity index is 1.87. The van der Waals surface area contributed by atoms with E-state index in [1.807, 2.05) is 13.1 Å². The molecule has 116 valence electrons. The van der Waals surface area contributed by atoms with Gasteiger partial charge in [-0.2, -0.15) is 0 Å². The van der Waals surface area contributed by atoms with Crippen molar-refractivity contribution < 1.29 is 9.90 Å². The van der Waals surface area contributed by atoms with Crippen LogP contribution in [-0.4, -0.2) is 25.8 Å². The number of nitrogens with zero attached hydrogens (tertiary/aromatic N) is 3. The number of rotatable bonds is 3. The fraction of sp³-hybridized carbons (Fsp3) is 0.0625. The Labute approximate surface area is 137 Å². The number of aryl methyl sites for hydroxylation is 1. The van der Waals surface area contributed by atoms with Gasteiger partial charge in [0.1, 0.15) is 12.1 Å². The van der Waals surface area contributed by atoms with Gasteiger partial charge < -0.3 is 15.0 Å². The normalized spacial score (nSPS) is 10.5. The molecule has 1 amide bonds. The smallest absolute Gasteiger partial charge is 0.259 e. The van der Waals surface area contributed by atoms with E-state index in [0.29, 0.717) is 16.5 Å². The lowest BCUT2D eigenvalue weighted by Crippen LogP contribution is -2.12. The Hall–Kier alpha value is -2.86. The lowest BCUT2D eigenvalue weighted by molar-refractivity contribution is 0.102. The van der Waals surface area contributed by atoms with Crippen molar-refractivity contribution >= 4 is 23.2 Å². The molecule has 0 unspecified atom stereocenters. The van der Waals surface area contributed by atoms with Gasteiger partial charge in [-0.3, -0.25) is 4.79 Å². The Bertz CT molecular complexity index is 876. The van der Waals surface area contributed by atoms with E-state index < -0.39 is 5.91 Å². The molecule has 0 saturated carbocycles. The first-order valence-electron chi connectivity index (χ1n) is 6.79. The van der Waals surface area contributed by atoms with Gasteiger partial charge in [0.15, 0.2) is 5.82 Å². The minimum atomic E-state index is -0.444. The molecule has 3 rings (SSSR count). The van der Waals surface area contributed by atoms with Crippen LogP contribution in [0.15, 0.2) is 48.8 Å². The van der Waals surface area contributed by atoms with Gasteiger partial charge in [0.25, 0.3) is 5.91 Å². The minimum Gasteiger partial charge on any atom is -0.507 e. The maximum Gasteiger partial charge on any atom is 0.259 e. The van der Waals surface area contributed by atoms with Crippen LogP contribution in [0.2, 0.25) is 5.02 Å². The second kappa shape index (κ2) is 6.10. The van der Waals surface area contributed by atoms with Crippen LogP contribution in [-0.2, 0) is 7.05 Å². The zero-order valence-electron chi connectivity index (χ0n) is 12.2. The highest BCUT2D eigenvalue weighted by atomic mass is 35.5. The molecule has 23 heavy (non-hydrogen) atoms. The van der Waals surface area contributed by atoms with Crippen molar-refractivity contribution in [1.82, 2.24) is 14.8 Å². The van der Waals surface area contributed by atoms with E-state index in [4.69, 9.17) is 11.6 Å². The topological polar surface area (TPSA) is 80.0 Å². The van der Waals surface area contributed by atoms with Crippen LogP contribution in [0.4, 0.5) is 5.69 Å². The second-order valence-electron chi connectivity index (χ2n) is 4.96. The summed E-state index contributed by atoms with van der Waals surface area (Å²) >= 11 is 5.86. The number of aromatic nitrogens is 3. The summed E-state index contributed by atoms with van der Waals surface area (Å²) in [5, 5.41) is 20.8. The molecule has 7 heteroatoms. The number of hydrogen-bond donors (Lipinski definition) is 2. The molecule has 0 spiro atoms. The van der Waals surface area contributed by atoms with Crippen molar-refractivity contribution in [2.45, 2.75) is 0 Å². The van der Waals surface area contributed by atoms with Crippen molar-refractivity contribution in [1.29, 1.82) is 0 Å². The summed E-state index contributed by atoms with van der Waals surface area (Å²) in [6, 6.07) is 11.5. The van der Waals surface area contributed by atoms with E-state index in [1.54, 1.807) is 29.1 Å². The highest BCUT2D eigenvalue weighted by Crippen LogP contribution is 2.24. The zero-order chi connectivity index (χ0) is 16.4. The average Bonchev–Trinajstić information content (AvgIpc) is 2.96. The number of phenolic OH excluding ortho intramolecular Hbond substituents is 1. The first kappa shape index (κ1) is 15.1. The van der Waals surface area contributed by atoms with Crippen molar-refractivity contribution in [2.75, 3.05) is 5.32 Å². The summed E-state index contributed by atoms with van der Waals surface area (Å²) in [5.41, 5.74) is 1.51. The molecule has 0 radical (unpaired) electrons. The van der Waals surface area contributed by atoms with Gasteiger partial charge in [0.2, 0.25) is 0 Å². The highest BCUT2D eigenvalue weighted by molar-refractivity contribution is 6.31. The molecular formula is C16H13ClN4O2. The quantitative estimate of drug-likeness (QED) is 0.774. The zero-order valence-corrected chi connectivity index (χ0v) is 12.9. The van der Waals surface area contributed by atoms with Gasteiger partial charge in [-0.25, -0.2) is 0 Å². The number of hydrogen-bond acceptors (Lipinski definition) is 4. The predicted octanol–water partition coefficient (Wildman–Crippen LogP) is 3.09. The fourth-order valence-corrected chi connectivity index (χ4v) is 2.34. The number of amides is 1. The monoisotopic (exact) mass is 328 g/mol. The molecule has 6 nitrogen and oxygen atoms in total. The third-order valence-electron chi connectivity index (χ3n) is 3.29. The Morgan fingerprint density at radius 2 is 2.09 bits per heavy atom. The third-order valence-corrected chi connectivity index (χ3v) is 3.53. The number of carbonyl (C=O) groups excluding carboxylic acids is 1. The molecule has 2 aromatic carbocycles. The average molecular weight is 329 g/mol. The number of aromatic hydroxyl groups is 1. The number of anilines is 1. The van der Waals surface area contributed by atoms with Crippen molar-refractivity contribution in [2.24, 2.45) is 7.05 Å². The third kappa shape index (κ3) is 3.17. The molecular weight excluding hydrogens is 316 g/mol. The number of phenols is 1. The molecule has 2 N–H and O–H groups in total. The van der Waals surface area contributed by atoms with Gasteiger partial charge >= 0.3 is 0 Å². The summed E-state index contributed by atoms with van der Waals surface area (Å²) < 4.78 is 1.78. The fourth-order valence-electron chi connectivity index (χ4n) is 2.17. The van der Waals surface area contributed by atoms with Gasteiger partial charge in [-0.1, -0.05) is 23.7 Å². The minimum absolute atomic E-state index is 0.113. The largest absolute Gasteiger partial charge is 0.507 e. The molecule has 1 heterocycles. The van der Waals surface area contributed by atoms with Crippen LogP contribution in [0.25, 0.3) is 11.4 Å². The number of nitrogens with one attached hydrogen (secondary N) is 1. The van der Waals surface area contributed by atoms with E-state index in [0.717, 1.165) is 5.56 Å². The van der Waals surface area contributed by atoms with Crippen LogP contribution in [0, 0.1) is 0 Å². The van der Waals surface area contributed by atoms with Crippen LogP contribution in [0.3, 0.4) is 0 Å². The first-order chi connectivity index (χ1) is 11.0. The maximum atomic E-state index is 12.3. The first-order valence-corrected chi connectivity index (χ1v) is 7.16. The summed E-state index contributed by atoms with van der Waals surface area (Å²) in [6.45, 7) is 0. The Morgan fingerprint density at radius 1 is 1.26 bits per heavy atom. The molecule has 0 aliphatic heterocycles. The maximum absolute atomic E-state index is 12.3. The van der Waals surface area contributed by atoms with Crippen molar-refractivity contribution in [3.63, 3.8) is 0 Å².